The lowest BCUT2D eigenvalue weighted by Gasteiger charge is -2.24. The van der Waals surface area contributed by atoms with E-state index in [0.717, 1.165) is 13.0 Å². The van der Waals surface area contributed by atoms with Crippen molar-refractivity contribution < 1.29 is 9.90 Å². The second-order valence-electron chi connectivity index (χ2n) is 3.03. The fourth-order valence-corrected chi connectivity index (χ4v) is 1.34. The summed E-state index contributed by atoms with van der Waals surface area (Å²) in [6.07, 6.45) is 0.822. The Morgan fingerprint density at radius 1 is 1.60 bits per heavy atom. The lowest BCUT2D eigenvalue weighted by Crippen LogP contribution is -2.38. The van der Waals surface area contributed by atoms with E-state index in [0.29, 0.717) is 12.5 Å². The molecule has 1 fully saturated rings. The summed E-state index contributed by atoms with van der Waals surface area (Å²) in [7, 11) is 0. The molecule has 10 heavy (non-hydrogen) atoms. The molecule has 58 valence electrons. The Labute approximate surface area is 60.4 Å². The predicted octanol–water partition coefficient (Wildman–Crippen LogP) is 0.317. The Kier molecular flexibility index (Phi) is 2.27. The van der Waals surface area contributed by atoms with Gasteiger partial charge in [0, 0.05) is 6.54 Å². The number of carboxylic acids is 1. The largest absolute Gasteiger partial charge is 0.481 e. The van der Waals surface area contributed by atoms with Crippen LogP contribution in [0.5, 0.6) is 0 Å². The van der Waals surface area contributed by atoms with Gasteiger partial charge in [-0.15, -0.1) is 0 Å². The maximum absolute atomic E-state index is 10.5. The first-order chi connectivity index (χ1) is 4.70. The van der Waals surface area contributed by atoms with E-state index in [1.807, 2.05) is 0 Å². The lowest BCUT2D eigenvalue weighted by molar-refractivity contribution is -0.142. The van der Waals surface area contributed by atoms with Crippen LogP contribution in [0.25, 0.3) is 0 Å². The molecule has 0 bridgehead atoms. The molecule has 2 atom stereocenters. The molecule has 1 saturated heterocycles. The minimum Gasteiger partial charge on any atom is -0.481 e. The van der Waals surface area contributed by atoms with E-state index in [-0.39, 0.29) is 5.92 Å². The van der Waals surface area contributed by atoms with Crippen LogP contribution in [0.2, 0.25) is 0 Å². The van der Waals surface area contributed by atoms with Crippen molar-refractivity contribution in [3.63, 3.8) is 0 Å². The van der Waals surface area contributed by atoms with Crippen LogP contribution in [0.3, 0.4) is 0 Å². The van der Waals surface area contributed by atoms with Crippen molar-refractivity contribution in [2.45, 2.75) is 13.3 Å². The minimum atomic E-state index is -0.668. The summed E-state index contributed by atoms with van der Waals surface area (Å²) < 4.78 is 0. The van der Waals surface area contributed by atoms with E-state index >= 15 is 0 Å². The number of nitrogens with one attached hydrogen (secondary N) is 1. The van der Waals surface area contributed by atoms with Gasteiger partial charge in [0.05, 0.1) is 5.92 Å². The number of piperidine rings is 1. The molecule has 1 aliphatic rings. The maximum atomic E-state index is 10.5. The summed E-state index contributed by atoms with van der Waals surface area (Å²) >= 11 is 0. The topological polar surface area (TPSA) is 49.3 Å². The van der Waals surface area contributed by atoms with Crippen molar-refractivity contribution in [2.24, 2.45) is 11.8 Å². The van der Waals surface area contributed by atoms with Crippen LogP contribution in [-0.2, 0) is 4.79 Å². The molecule has 0 aromatic carbocycles. The van der Waals surface area contributed by atoms with Gasteiger partial charge in [-0.25, -0.2) is 0 Å². The Hall–Kier alpha value is -0.570. The first-order valence-electron chi connectivity index (χ1n) is 3.63. The molecule has 3 heteroatoms. The zero-order valence-electron chi connectivity index (χ0n) is 6.13. The minimum absolute atomic E-state index is 0.163. The SMILES string of the molecule is C[C@@H]1CNC[C@H](C(=O)O)C1. The molecule has 0 unspecified atom stereocenters. The monoisotopic (exact) mass is 143 g/mol. The number of hydrogen-bond acceptors (Lipinski definition) is 2. The van der Waals surface area contributed by atoms with Crippen molar-refractivity contribution in [3.05, 3.63) is 0 Å². The van der Waals surface area contributed by atoms with Crippen LogP contribution >= 0.6 is 0 Å². The van der Waals surface area contributed by atoms with Gasteiger partial charge < -0.3 is 10.4 Å². The summed E-state index contributed by atoms with van der Waals surface area (Å²) in [5.41, 5.74) is 0. The quantitative estimate of drug-likeness (QED) is 0.555. The van der Waals surface area contributed by atoms with Crippen LogP contribution in [0, 0.1) is 11.8 Å². The summed E-state index contributed by atoms with van der Waals surface area (Å²) in [5.74, 6) is -0.322. The lowest BCUT2D eigenvalue weighted by atomic mass is 9.92. The Balaban J connectivity index is 2.39. The van der Waals surface area contributed by atoms with E-state index in [2.05, 4.69) is 12.2 Å². The molecule has 0 aromatic heterocycles. The molecule has 2 N–H and O–H groups in total. The summed E-state index contributed by atoms with van der Waals surface area (Å²) in [4.78, 5) is 10.5. The van der Waals surface area contributed by atoms with Crippen molar-refractivity contribution in [1.29, 1.82) is 0 Å². The Morgan fingerprint density at radius 2 is 2.30 bits per heavy atom. The molecular formula is C7H13NO2. The number of carbonyl (C=O) groups is 1. The van der Waals surface area contributed by atoms with Gasteiger partial charge in [0.25, 0.3) is 0 Å². The predicted molar refractivity (Wildman–Crippen MR) is 37.8 cm³/mol. The van der Waals surface area contributed by atoms with Crippen molar-refractivity contribution in [2.75, 3.05) is 13.1 Å². The van der Waals surface area contributed by atoms with Gasteiger partial charge in [0.15, 0.2) is 0 Å². The van der Waals surface area contributed by atoms with E-state index < -0.39 is 5.97 Å². The highest BCUT2D eigenvalue weighted by molar-refractivity contribution is 5.70. The second-order valence-corrected chi connectivity index (χ2v) is 3.03. The van der Waals surface area contributed by atoms with Gasteiger partial charge in [-0.05, 0) is 18.9 Å². The molecule has 1 heterocycles. The number of rotatable bonds is 1. The molecule has 3 nitrogen and oxygen atoms in total. The molecule has 0 spiro atoms. The average Bonchev–Trinajstić information content (AvgIpc) is 1.88. The summed E-state index contributed by atoms with van der Waals surface area (Å²) in [6.45, 7) is 3.67. The van der Waals surface area contributed by atoms with Crippen molar-refractivity contribution in [3.8, 4) is 0 Å². The standard InChI is InChI=1S/C7H13NO2/c1-5-2-6(7(9)10)4-8-3-5/h5-6,8H,2-4H2,1H3,(H,9,10)/t5-,6+/m0/s1. The molecule has 1 rings (SSSR count). The summed E-state index contributed by atoms with van der Waals surface area (Å²) in [5, 5.41) is 11.7. The van der Waals surface area contributed by atoms with Gasteiger partial charge in [-0.3, -0.25) is 4.79 Å². The van der Waals surface area contributed by atoms with E-state index in [1.54, 1.807) is 0 Å². The third-order valence-electron chi connectivity index (χ3n) is 1.92. The van der Waals surface area contributed by atoms with Gasteiger partial charge in [-0.1, -0.05) is 6.92 Å². The van der Waals surface area contributed by atoms with Crippen molar-refractivity contribution in [1.82, 2.24) is 5.32 Å². The third-order valence-corrected chi connectivity index (χ3v) is 1.92. The highest BCUT2D eigenvalue weighted by atomic mass is 16.4. The van der Waals surface area contributed by atoms with E-state index in [4.69, 9.17) is 5.11 Å². The molecular weight excluding hydrogens is 130 g/mol. The van der Waals surface area contributed by atoms with Crippen LogP contribution in [0.1, 0.15) is 13.3 Å². The second kappa shape index (κ2) is 3.01. The smallest absolute Gasteiger partial charge is 0.307 e. The fraction of sp³-hybridized carbons (Fsp3) is 0.857. The van der Waals surface area contributed by atoms with Crippen LogP contribution < -0.4 is 5.32 Å². The molecule has 0 saturated carbocycles. The summed E-state index contributed by atoms with van der Waals surface area (Å²) in [6, 6.07) is 0. The highest BCUT2D eigenvalue weighted by Gasteiger charge is 2.23. The van der Waals surface area contributed by atoms with Gasteiger partial charge in [0.1, 0.15) is 0 Å². The highest BCUT2D eigenvalue weighted by Crippen LogP contribution is 2.15. The van der Waals surface area contributed by atoms with Gasteiger partial charge >= 0.3 is 5.97 Å². The molecule has 0 aliphatic carbocycles. The fourth-order valence-electron chi connectivity index (χ4n) is 1.34. The molecule has 0 radical (unpaired) electrons. The first kappa shape index (κ1) is 7.54. The Morgan fingerprint density at radius 3 is 2.70 bits per heavy atom. The van der Waals surface area contributed by atoms with Gasteiger partial charge in [-0.2, -0.15) is 0 Å². The average molecular weight is 143 g/mol. The normalized spacial score (nSPS) is 33.7. The number of aliphatic carboxylic acids is 1. The zero-order chi connectivity index (χ0) is 7.56. The Bertz CT molecular complexity index is 136. The zero-order valence-corrected chi connectivity index (χ0v) is 6.13. The van der Waals surface area contributed by atoms with E-state index in [1.165, 1.54) is 0 Å². The maximum Gasteiger partial charge on any atom is 0.307 e. The van der Waals surface area contributed by atoms with Crippen LogP contribution in [0.15, 0.2) is 0 Å². The third kappa shape index (κ3) is 1.70. The van der Waals surface area contributed by atoms with Crippen LogP contribution in [0.4, 0.5) is 0 Å². The number of hydrogen-bond donors (Lipinski definition) is 2. The molecule has 1 aliphatic heterocycles. The van der Waals surface area contributed by atoms with E-state index in [9.17, 15) is 4.79 Å². The first-order valence-corrected chi connectivity index (χ1v) is 3.63. The molecule has 0 amide bonds. The van der Waals surface area contributed by atoms with Crippen LogP contribution in [-0.4, -0.2) is 24.2 Å². The number of carboxylic acid groups (broad SMARTS) is 1. The van der Waals surface area contributed by atoms with Crippen molar-refractivity contribution >= 4 is 5.97 Å². The molecule has 0 aromatic rings. The van der Waals surface area contributed by atoms with Gasteiger partial charge in [0.2, 0.25) is 0 Å².